The maximum absolute atomic E-state index is 15.1. The maximum atomic E-state index is 15.1. The van der Waals surface area contributed by atoms with E-state index in [4.69, 9.17) is 23.2 Å². The van der Waals surface area contributed by atoms with Crippen molar-refractivity contribution in [3.63, 3.8) is 0 Å². The number of imide groups is 2. The highest BCUT2D eigenvalue weighted by molar-refractivity contribution is 6.31. The van der Waals surface area contributed by atoms with Crippen LogP contribution in [0, 0.1) is 29.5 Å². The lowest BCUT2D eigenvalue weighted by atomic mass is 9.49. The molecule has 8 rings (SSSR count). The van der Waals surface area contributed by atoms with Gasteiger partial charge in [0.15, 0.2) is 0 Å². The maximum Gasteiger partial charge on any atom is 0.260 e. The first-order valence-electron chi connectivity index (χ1n) is 15.9. The van der Waals surface area contributed by atoms with E-state index in [-0.39, 0.29) is 30.4 Å². The third-order valence-electron chi connectivity index (χ3n) is 10.6. The fraction of sp³-hybridized carbons (Fsp3) is 0.211. The molecule has 4 aliphatic rings. The number of carbonyl (C=O) groups is 4. The second-order valence-electron chi connectivity index (χ2n) is 12.9. The molecule has 1 saturated carbocycles. The van der Waals surface area contributed by atoms with Crippen LogP contribution in [0.25, 0.3) is 0 Å². The third kappa shape index (κ3) is 4.63. The summed E-state index contributed by atoms with van der Waals surface area (Å²) in [5.41, 5.74) is 3.68. The molecule has 0 bridgehead atoms. The molecule has 0 spiro atoms. The van der Waals surface area contributed by atoms with E-state index in [1.54, 1.807) is 66.7 Å². The normalized spacial score (nSPS) is 27.5. The van der Waals surface area contributed by atoms with Gasteiger partial charge in [0.25, 0.3) is 11.8 Å². The number of nitrogens with one attached hydrogen (secondary N) is 1. The Balaban J connectivity index is 1.32. The van der Waals surface area contributed by atoms with Crippen LogP contribution >= 0.6 is 23.2 Å². The molecule has 6 atom stereocenters. The molecular weight excluding hydrogens is 668 g/mol. The Hall–Kier alpha value is -4.99. The van der Waals surface area contributed by atoms with Crippen LogP contribution in [0.3, 0.4) is 0 Å². The third-order valence-corrected chi connectivity index (χ3v) is 11.1. The summed E-state index contributed by atoms with van der Waals surface area (Å²) in [6.45, 7) is 0. The molecule has 246 valence electrons. The Morgan fingerprint density at radius 1 is 0.776 bits per heavy atom. The van der Waals surface area contributed by atoms with Gasteiger partial charge in [0.1, 0.15) is 11.6 Å². The molecule has 11 heteroatoms. The summed E-state index contributed by atoms with van der Waals surface area (Å²) in [7, 11) is 0. The van der Waals surface area contributed by atoms with Gasteiger partial charge in [0.05, 0.1) is 34.5 Å². The van der Waals surface area contributed by atoms with Gasteiger partial charge in [-0.25, -0.2) is 4.39 Å². The van der Waals surface area contributed by atoms with Crippen LogP contribution < -0.4 is 10.3 Å². The highest BCUT2D eigenvalue weighted by atomic mass is 35.5. The molecule has 2 saturated heterocycles. The minimum Gasteiger partial charge on any atom is -0.508 e. The van der Waals surface area contributed by atoms with E-state index in [0.29, 0.717) is 38.1 Å². The molecule has 49 heavy (non-hydrogen) atoms. The Bertz CT molecular complexity index is 2070. The summed E-state index contributed by atoms with van der Waals surface area (Å²) < 4.78 is 13.8. The topological polar surface area (TPSA) is 107 Å². The van der Waals surface area contributed by atoms with Crippen molar-refractivity contribution in [1.29, 1.82) is 0 Å². The smallest absolute Gasteiger partial charge is 0.260 e. The molecule has 0 aromatic heterocycles. The van der Waals surface area contributed by atoms with Gasteiger partial charge in [0, 0.05) is 21.5 Å². The lowest BCUT2D eigenvalue weighted by Gasteiger charge is -2.50. The number of allylic oxidation sites excluding steroid dienone is 2. The number of halogens is 3. The second kappa shape index (κ2) is 11.6. The molecule has 2 heterocycles. The number of aromatic hydroxyl groups is 1. The van der Waals surface area contributed by atoms with Gasteiger partial charge < -0.3 is 5.11 Å². The zero-order chi connectivity index (χ0) is 34.2. The number of para-hydroxylation sites is 1. The van der Waals surface area contributed by atoms with E-state index in [1.165, 1.54) is 35.2 Å². The predicted octanol–water partition coefficient (Wildman–Crippen LogP) is 7.03. The van der Waals surface area contributed by atoms with Crippen molar-refractivity contribution in [2.24, 2.45) is 23.7 Å². The Morgan fingerprint density at radius 3 is 2.10 bits per heavy atom. The fourth-order valence-corrected chi connectivity index (χ4v) is 8.83. The molecule has 4 amide bonds. The molecular formula is C38H28Cl2FN3O5. The number of hydrogen-bond acceptors (Lipinski definition) is 6. The van der Waals surface area contributed by atoms with Crippen molar-refractivity contribution >= 4 is 58.2 Å². The lowest BCUT2D eigenvalue weighted by molar-refractivity contribution is -0.138. The average molecular weight is 697 g/mol. The summed E-state index contributed by atoms with van der Waals surface area (Å²) in [5.74, 6) is -6.41. The van der Waals surface area contributed by atoms with Crippen LogP contribution in [0.1, 0.15) is 29.9 Å². The van der Waals surface area contributed by atoms with Crippen molar-refractivity contribution in [2.75, 3.05) is 10.3 Å². The number of amides is 4. The van der Waals surface area contributed by atoms with Crippen LogP contribution in [-0.2, 0) is 24.6 Å². The molecule has 2 N–H and O–H groups in total. The summed E-state index contributed by atoms with van der Waals surface area (Å²) in [6.07, 6.45) is 2.23. The van der Waals surface area contributed by atoms with Gasteiger partial charge in [-0.1, -0.05) is 65.2 Å². The van der Waals surface area contributed by atoms with Gasteiger partial charge in [-0.2, -0.15) is 5.01 Å². The molecule has 4 aromatic carbocycles. The first-order chi connectivity index (χ1) is 23.6. The van der Waals surface area contributed by atoms with Crippen LogP contribution in [0.2, 0.25) is 10.0 Å². The highest BCUT2D eigenvalue weighted by Gasteiger charge is 2.70. The highest BCUT2D eigenvalue weighted by Crippen LogP contribution is 2.65. The number of benzene rings is 4. The van der Waals surface area contributed by atoms with Crippen molar-refractivity contribution < 1.29 is 28.7 Å². The quantitative estimate of drug-likeness (QED) is 0.172. The minimum absolute atomic E-state index is 0.0786. The van der Waals surface area contributed by atoms with Gasteiger partial charge in [0.2, 0.25) is 11.8 Å². The predicted molar refractivity (Wildman–Crippen MR) is 181 cm³/mol. The molecule has 3 fully saturated rings. The number of hydrogen-bond donors (Lipinski definition) is 2. The van der Waals surface area contributed by atoms with Gasteiger partial charge >= 0.3 is 0 Å². The molecule has 0 unspecified atom stereocenters. The van der Waals surface area contributed by atoms with E-state index >= 15 is 4.79 Å². The first-order valence-corrected chi connectivity index (χ1v) is 16.6. The Labute approximate surface area is 290 Å². The van der Waals surface area contributed by atoms with Crippen LogP contribution in [0.5, 0.6) is 5.75 Å². The van der Waals surface area contributed by atoms with Gasteiger partial charge in [-0.15, -0.1) is 0 Å². The second-order valence-corrected chi connectivity index (χ2v) is 13.8. The number of nitrogens with zero attached hydrogens (tertiary/aromatic N) is 2. The van der Waals surface area contributed by atoms with Crippen molar-refractivity contribution in [3.05, 3.63) is 136 Å². The zero-order valence-electron chi connectivity index (χ0n) is 25.7. The largest absolute Gasteiger partial charge is 0.508 e. The number of phenols is 1. The summed E-state index contributed by atoms with van der Waals surface area (Å²) in [6, 6.07) is 25.2. The minimum atomic E-state index is -1.58. The van der Waals surface area contributed by atoms with E-state index in [9.17, 15) is 23.9 Å². The number of rotatable bonds is 5. The molecule has 4 aromatic rings. The molecule has 2 aliphatic carbocycles. The summed E-state index contributed by atoms with van der Waals surface area (Å²) in [5, 5.41) is 13.3. The van der Waals surface area contributed by atoms with E-state index < -0.39 is 52.6 Å². The van der Waals surface area contributed by atoms with Gasteiger partial charge in [-0.3, -0.25) is 29.5 Å². The van der Waals surface area contributed by atoms with Crippen molar-refractivity contribution in [2.45, 2.75) is 24.2 Å². The number of fused-ring (bicyclic) bond motifs is 4. The Kier molecular flexibility index (Phi) is 7.39. The number of hydrazine groups is 1. The van der Waals surface area contributed by atoms with Gasteiger partial charge in [-0.05, 0) is 91.1 Å². The van der Waals surface area contributed by atoms with Crippen molar-refractivity contribution in [3.8, 4) is 5.75 Å². The molecule has 8 nitrogen and oxygen atoms in total. The van der Waals surface area contributed by atoms with Crippen molar-refractivity contribution in [1.82, 2.24) is 5.01 Å². The molecule has 2 aliphatic heterocycles. The lowest BCUT2D eigenvalue weighted by Crippen LogP contribution is -2.53. The monoisotopic (exact) mass is 695 g/mol. The van der Waals surface area contributed by atoms with Crippen LogP contribution in [-0.4, -0.2) is 33.7 Å². The van der Waals surface area contributed by atoms with E-state index in [0.717, 1.165) is 5.01 Å². The van der Waals surface area contributed by atoms with Crippen LogP contribution in [0.15, 0.2) is 109 Å². The SMILES string of the molecule is O=C1[C@@H]2C[C@@H]3C(=CC[C@@H]4C(=O)N(c5ccc(Cl)cc5)C(=O)[C@@H]43)[C@H](c3ccccc3O)[C@]2(c2ccc(Cl)cc2)C(=O)N1Nc1ccc(F)cc1. The number of phenolic OH excluding ortho intramolecular Hbond substituents is 1. The Morgan fingerprint density at radius 2 is 1.43 bits per heavy atom. The standard InChI is InChI=1S/C38H28Cl2FN3O5/c39-21-7-5-20(6-8-21)38-30(35(47)44(37(38)49)42-24-13-11-23(41)12-14-24)19-29-26(33(38)27-3-1-2-4-31(27)45)17-18-28-32(29)36(48)43(34(28)46)25-15-9-22(40)10-16-25/h1-17,28-30,32-33,42,45H,18-19H2/t28-,29+,30-,32-,33+,38+/m0/s1. The van der Waals surface area contributed by atoms with E-state index in [1.807, 2.05) is 6.08 Å². The summed E-state index contributed by atoms with van der Waals surface area (Å²) in [4.78, 5) is 59.1. The molecule has 0 radical (unpaired) electrons. The number of anilines is 2. The summed E-state index contributed by atoms with van der Waals surface area (Å²) >= 11 is 12.4. The number of carbonyl (C=O) groups excluding carboxylic acids is 4. The van der Waals surface area contributed by atoms with E-state index in [2.05, 4.69) is 5.43 Å². The first kappa shape index (κ1) is 31.3. The zero-order valence-corrected chi connectivity index (χ0v) is 27.2. The average Bonchev–Trinajstić information content (AvgIpc) is 3.48. The fourth-order valence-electron chi connectivity index (χ4n) is 8.58. The van der Waals surface area contributed by atoms with Crippen LogP contribution in [0.4, 0.5) is 15.8 Å².